The number of hydrogen-bond acceptors (Lipinski definition) is 6. The summed E-state index contributed by atoms with van der Waals surface area (Å²) < 4.78 is 0. The van der Waals surface area contributed by atoms with E-state index in [-0.39, 0.29) is 0 Å². The summed E-state index contributed by atoms with van der Waals surface area (Å²) in [5.41, 5.74) is 0. The zero-order valence-electron chi connectivity index (χ0n) is 77.4. The van der Waals surface area contributed by atoms with E-state index < -0.39 is 35.8 Å². The molecule has 0 aliphatic rings. The third kappa shape index (κ3) is 147. The molecule has 0 spiro atoms. The van der Waals surface area contributed by atoms with Crippen LogP contribution in [0.4, 0.5) is 0 Å². The highest BCUT2D eigenvalue weighted by Gasteiger charge is 2.03. The zero-order valence-corrected chi connectivity index (χ0v) is 77.4. The van der Waals surface area contributed by atoms with Crippen LogP contribution in [0, 0.1) is 0 Å². The molecule has 0 aromatic rings. The van der Waals surface area contributed by atoms with Gasteiger partial charge in [-0.15, -0.1) is 0 Å². The summed E-state index contributed by atoms with van der Waals surface area (Å²) in [6, 6.07) is 0. The van der Waals surface area contributed by atoms with Crippen molar-refractivity contribution < 1.29 is 59.4 Å². The van der Waals surface area contributed by atoms with Crippen molar-refractivity contribution in [1.29, 1.82) is 0 Å². The predicted octanol–water partition coefficient (Wildman–Crippen LogP) is 34.9. The number of carboxylic acids is 6. The van der Waals surface area contributed by atoms with Crippen molar-refractivity contribution in [2.45, 2.75) is 542 Å². The average molecular weight is 1640 g/mol. The Kier molecular flexibility index (Phi) is 124. The summed E-state index contributed by atoms with van der Waals surface area (Å²) >= 11 is 0. The molecule has 0 atom stereocenters. The minimum absolute atomic E-state index is 0.319. The fraction of sp³-hybridized carbons (Fsp3) is 0.808. The Bertz CT molecular complexity index is 2150. The standard InChI is InChI=1S/C18H36O2.C18H34O2.C18H32O2.C18H30O2.C16H32O2.C16H30O2/c4*1-2-3-4-5-6-7-8-9-10-11-12-13-14-15-16-17-18(19)20;2*1-2-3-4-5-6-7-8-9-10-11-12-13-14-15-16(17)18/h2-17H2,1H3,(H,19,20);9-10H,2-8,11-17H2,1H3,(H,19,20);6-7,9-10H,2-5,8,11-17H2,1H3,(H,19,20);3-4,6-7,9-10H,2,5,8,11-17H2,1H3,(H,19,20);2-15H2,1H3,(H,17,18);7-8H,2-6,9-15H2,1H3,(H,17,18)/b;10-9-;7-6-,10-9-;4-3-,7-6-,10-9-;;8-7-. The second-order valence-electron chi connectivity index (χ2n) is 32.6. The number of unbranched alkanes of at least 4 members (excludes halogenated alkanes) is 59. The lowest BCUT2D eigenvalue weighted by Gasteiger charge is -2.03. The maximum Gasteiger partial charge on any atom is 0.303 e. The second-order valence-corrected chi connectivity index (χ2v) is 32.6. The summed E-state index contributed by atoms with van der Waals surface area (Å²) in [5.74, 6) is -3.98. The molecule has 0 saturated carbocycles. The van der Waals surface area contributed by atoms with E-state index in [4.69, 9.17) is 30.6 Å². The predicted molar refractivity (Wildman–Crippen MR) is 504 cm³/mol. The summed E-state index contributed by atoms with van der Waals surface area (Å²) in [6.45, 7) is 13.4. The summed E-state index contributed by atoms with van der Waals surface area (Å²) in [5, 5.41) is 51.0. The van der Waals surface area contributed by atoms with Crippen molar-refractivity contribution in [2.75, 3.05) is 0 Å². The van der Waals surface area contributed by atoms with Gasteiger partial charge in [0.15, 0.2) is 0 Å². The van der Waals surface area contributed by atoms with Crippen molar-refractivity contribution in [3.8, 4) is 0 Å². The van der Waals surface area contributed by atoms with E-state index in [1.165, 1.54) is 340 Å². The highest BCUT2D eigenvalue weighted by atomic mass is 16.4. The van der Waals surface area contributed by atoms with E-state index in [1.807, 2.05) is 0 Å². The molecule has 0 fully saturated rings. The molecule has 0 saturated heterocycles. The minimum atomic E-state index is -0.675. The molecule has 0 heterocycles. The Morgan fingerprint density at radius 3 is 0.422 bits per heavy atom. The number of aliphatic carboxylic acids is 6. The number of rotatable bonds is 85. The molecule has 682 valence electrons. The topological polar surface area (TPSA) is 224 Å². The molecule has 116 heavy (non-hydrogen) atoms. The largest absolute Gasteiger partial charge is 0.481 e. The molecular formula is C104H194O12. The van der Waals surface area contributed by atoms with E-state index >= 15 is 0 Å². The van der Waals surface area contributed by atoms with Gasteiger partial charge in [0.05, 0.1) is 0 Å². The van der Waals surface area contributed by atoms with Gasteiger partial charge < -0.3 is 30.6 Å². The Balaban J connectivity index is -0.000000313. The number of hydrogen-bond donors (Lipinski definition) is 6. The van der Waals surface area contributed by atoms with E-state index in [0.717, 1.165) is 122 Å². The van der Waals surface area contributed by atoms with Gasteiger partial charge in [0.2, 0.25) is 0 Å². The number of carbonyl (C=O) groups is 6. The van der Waals surface area contributed by atoms with E-state index in [1.54, 1.807) is 0 Å². The smallest absolute Gasteiger partial charge is 0.303 e. The third-order valence-electron chi connectivity index (χ3n) is 20.7. The highest BCUT2D eigenvalue weighted by Crippen LogP contribution is 2.18. The average Bonchev–Trinajstić information content (AvgIpc) is 1.44. The Hall–Kier alpha value is -5.00. The van der Waals surface area contributed by atoms with Crippen molar-refractivity contribution in [3.63, 3.8) is 0 Å². The first-order valence-electron chi connectivity index (χ1n) is 49.5. The molecule has 12 heteroatoms. The maximum absolute atomic E-state index is 10.3. The van der Waals surface area contributed by atoms with Gasteiger partial charge in [-0.3, -0.25) is 28.8 Å². The van der Waals surface area contributed by atoms with Crippen LogP contribution in [0.5, 0.6) is 0 Å². The molecule has 0 unspecified atom stereocenters. The quantitative estimate of drug-likeness (QED) is 0.0247. The molecule has 12 nitrogen and oxygen atoms in total. The first-order chi connectivity index (χ1) is 56.6. The first kappa shape index (κ1) is 122. The molecule has 0 aliphatic heterocycles. The van der Waals surface area contributed by atoms with E-state index in [0.29, 0.717) is 38.5 Å². The molecule has 0 aromatic carbocycles. The maximum atomic E-state index is 10.3. The van der Waals surface area contributed by atoms with Crippen molar-refractivity contribution >= 4 is 35.8 Å². The van der Waals surface area contributed by atoms with Crippen LogP contribution in [-0.4, -0.2) is 66.5 Å². The van der Waals surface area contributed by atoms with Crippen LogP contribution in [0.3, 0.4) is 0 Å². The fourth-order valence-corrected chi connectivity index (χ4v) is 13.3. The molecule has 0 amide bonds. The molecule has 0 rings (SSSR count). The molecule has 0 aromatic heterocycles. The van der Waals surface area contributed by atoms with E-state index in [9.17, 15) is 28.8 Å². The van der Waals surface area contributed by atoms with Crippen molar-refractivity contribution in [3.05, 3.63) is 85.1 Å². The molecule has 0 aliphatic carbocycles. The van der Waals surface area contributed by atoms with Crippen LogP contribution in [0.15, 0.2) is 85.1 Å². The van der Waals surface area contributed by atoms with Gasteiger partial charge in [-0.2, -0.15) is 0 Å². The summed E-state index contributed by atoms with van der Waals surface area (Å²) in [6.07, 6.45) is 123. The van der Waals surface area contributed by atoms with Crippen molar-refractivity contribution in [2.24, 2.45) is 0 Å². The first-order valence-corrected chi connectivity index (χ1v) is 49.5. The molecule has 0 bridgehead atoms. The third-order valence-corrected chi connectivity index (χ3v) is 20.7. The lowest BCUT2D eigenvalue weighted by atomic mass is 10.0. The zero-order chi connectivity index (χ0) is 86.5. The second kappa shape index (κ2) is 119. The summed E-state index contributed by atoms with van der Waals surface area (Å²) in [4.78, 5) is 61.9. The van der Waals surface area contributed by atoms with Gasteiger partial charge in [-0.25, -0.2) is 0 Å². The molecular weight excluding hydrogens is 1440 g/mol. The number of allylic oxidation sites excluding steroid dienone is 14. The van der Waals surface area contributed by atoms with E-state index in [2.05, 4.69) is 127 Å². The van der Waals surface area contributed by atoms with Crippen LogP contribution in [-0.2, 0) is 28.8 Å². The van der Waals surface area contributed by atoms with Gasteiger partial charge in [0.1, 0.15) is 0 Å². The normalized spacial score (nSPS) is 11.3. The Labute approximate surface area is 718 Å². The SMILES string of the molecule is CC/C=C\C/C=C\C/C=C\CCCCCCCC(=O)O.CCCCC/C=C\C/C=C\CCCCCCCC(=O)O.CCCCCC/C=C\CCCCCCCC(=O)O.CCCCCCCC/C=C\CCCCCCCC(=O)O.CCCCCCCCCCCCCCCC(=O)O.CCCCCCCCCCCCCCCCCC(=O)O. The fourth-order valence-electron chi connectivity index (χ4n) is 13.3. The van der Waals surface area contributed by atoms with Crippen molar-refractivity contribution in [1.82, 2.24) is 0 Å². The lowest BCUT2D eigenvalue weighted by molar-refractivity contribution is -0.138. The van der Waals surface area contributed by atoms with Gasteiger partial charge in [-0.05, 0) is 154 Å². The minimum Gasteiger partial charge on any atom is -0.481 e. The van der Waals surface area contributed by atoms with Crippen LogP contribution in [0.1, 0.15) is 542 Å². The Morgan fingerprint density at radius 2 is 0.259 bits per heavy atom. The monoisotopic (exact) mass is 1640 g/mol. The van der Waals surface area contributed by atoms with Gasteiger partial charge in [0, 0.05) is 38.5 Å². The summed E-state index contributed by atoms with van der Waals surface area (Å²) in [7, 11) is 0. The molecule has 0 radical (unpaired) electrons. The van der Waals surface area contributed by atoms with Gasteiger partial charge >= 0.3 is 35.8 Å². The van der Waals surface area contributed by atoms with Crippen LogP contribution in [0.2, 0.25) is 0 Å². The van der Waals surface area contributed by atoms with Gasteiger partial charge in [0.25, 0.3) is 0 Å². The lowest BCUT2D eigenvalue weighted by Crippen LogP contribution is -1.93. The highest BCUT2D eigenvalue weighted by molar-refractivity contribution is 5.68. The Morgan fingerprint density at radius 1 is 0.147 bits per heavy atom. The van der Waals surface area contributed by atoms with Crippen LogP contribution in [0.25, 0.3) is 0 Å². The molecule has 6 N–H and O–H groups in total. The van der Waals surface area contributed by atoms with Crippen LogP contribution >= 0.6 is 0 Å². The number of carboxylic acid groups (broad SMARTS) is 6. The van der Waals surface area contributed by atoms with Crippen LogP contribution < -0.4 is 0 Å². The van der Waals surface area contributed by atoms with Gasteiger partial charge in [-0.1, -0.05) is 435 Å².